The third kappa shape index (κ3) is 7.62. The molecule has 0 aromatic heterocycles. The van der Waals surface area contributed by atoms with Gasteiger partial charge in [-0.25, -0.2) is 13.8 Å². The largest absolute Gasteiger partial charge is 0.272 e. The second-order valence-electron chi connectivity index (χ2n) is 8.08. The van der Waals surface area contributed by atoms with E-state index in [1.807, 2.05) is 24.3 Å². The number of carbonyl (C=O) groups is 1. The van der Waals surface area contributed by atoms with Crippen LogP contribution < -0.4 is 5.43 Å². The highest BCUT2D eigenvalue weighted by Gasteiger charge is 2.27. The van der Waals surface area contributed by atoms with Crippen molar-refractivity contribution in [2.45, 2.75) is 31.2 Å². The molecule has 0 fully saturated rings. The third-order valence-electron chi connectivity index (χ3n) is 5.14. The normalized spacial score (nSPS) is 12.0. The topological polar surface area (TPSA) is 78.8 Å². The van der Waals surface area contributed by atoms with E-state index in [4.69, 9.17) is 23.2 Å². The van der Waals surface area contributed by atoms with Gasteiger partial charge in [0.15, 0.2) is 0 Å². The van der Waals surface area contributed by atoms with E-state index in [9.17, 15) is 13.2 Å². The maximum atomic E-state index is 13.4. The maximum Gasteiger partial charge on any atom is 0.255 e. The van der Waals surface area contributed by atoms with Crippen molar-refractivity contribution in [3.63, 3.8) is 0 Å². The van der Waals surface area contributed by atoms with Crippen LogP contribution in [0.1, 0.15) is 36.5 Å². The zero-order chi connectivity index (χ0) is 25.6. The number of benzene rings is 3. The van der Waals surface area contributed by atoms with Gasteiger partial charge in [-0.2, -0.15) is 9.41 Å². The van der Waals surface area contributed by atoms with Crippen LogP contribution in [0.4, 0.5) is 0 Å². The molecular weight excluding hydrogens is 573 g/mol. The molecule has 0 aliphatic carbocycles. The molecule has 1 amide bonds. The van der Waals surface area contributed by atoms with E-state index in [2.05, 4.69) is 40.3 Å². The molecule has 0 heterocycles. The fourth-order valence-electron chi connectivity index (χ4n) is 3.16. The molecular formula is C25H24BrCl2N3O3S. The third-order valence-corrected chi connectivity index (χ3v) is 8.06. The van der Waals surface area contributed by atoms with Gasteiger partial charge in [0.2, 0.25) is 10.0 Å². The summed E-state index contributed by atoms with van der Waals surface area (Å²) in [7, 11) is -4.02. The van der Waals surface area contributed by atoms with Crippen molar-refractivity contribution in [2.75, 3.05) is 6.54 Å². The number of nitrogens with one attached hydrogen (secondary N) is 1. The molecule has 0 spiro atoms. The minimum Gasteiger partial charge on any atom is -0.272 e. The monoisotopic (exact) mass is 595 g/mol. The van der Waals surface area contributed by atoms with Crippen molar-refractivity contribution in [3.8, 4) is 0 Å². The quantitative estimate of drug-likeness (QED) is 0.235. The summed E-state index contributed by atoms with van der Waals surface area (Å²) in [5, 5.41) is 4.70. The van der Waals surface area contributed by atoms with Gasteiger partial charge in [0.25, 0.3) is 5.91 Å². The summed E-state index contributed by atoms with van der Waals surface area (Å²) in [5.74, 6) is -0.181. The van der Waals surface area contributed by atoms with Gasteiger partial charge in [0.05, 0.1) is 17.7 Å². The molecule has 0 aliphatic heterocycles. The molecule has 0 atom stereocenters. The minimum atomic E-state index is -4.02. The number of rotatable bonds is 9. The number of halogens is 3. The number of hydrogen-bond donors (Lipinski definition) is 1. The second-order valence-corrected chi connectivity index (χ2v) is 11.8. The van der Waals surface area contributed by atoms with Crippen molar-refractivity contribution < 1.29 is 13.2 Å². The Balaban J connectivity index is 1.78. The highest BCUT2D eigenvalue weighted by molar-refractivity contribution is 9.10. The molecule has 3 aromatic rings. The van der Waals surface area contributed by atoms with Crippen LogP contribution in [0.25, 0.3) is 0 Å². The molecule has 3 rings (SSSR count). The Morgan fingerprint density at radius 2 is 1.71 bits per heavy atom. The SMILES string of the molecule is CC(C)c1ccc(/C=N/NC(=O)CN(Cc2ccc(Cl)cc2Cl)S(=O)(=O)c2ccc(Br)cc2)cc1. The fraction of sp³-hybridized carbons (Fsp3) is 0.200. The zero-order valence-electron chi connectivity index (χ0n) is 19.1. The van der Waals surface area contributed by atoms with Gasteiger partial charge in [0.1, 0.15) is 0 Å². The lowest BCUT2D eigenvalue weighted by molar-refractivity contribution is -0.121. The van der Waals surface area contributed by atoms with Crippen molar-refractivity contribution in [3.05, 3.63) is 97.9 Å². The molecule has 3 aromatic carbocycles. The highest BCUT2D eigenvalue weighted by atomic mass is 79.9. The van der Waals surface area contributed by atoms with Crippen LogP contribution in [-0.2, 0) is 21.4 Å². The summed E-state index contributed by atoms with van der Waals surface area (Å²) >= 11 is 15.5. The average molecular weight is 597 g/mol. The molecule has 0 aliphatic rings. The summed E-state index contributed by atoms with van der Waals surface area (Å²) in [4.78, 5) is 12.7. The summed E-state index contributed by atoms with van der Waals surface area (Å²) in [5.41, 5.74) is 4.92. The fourth-order valence-corrected chi connectivity index (χ4v) is 5.27. The van der Waals surface area contributed by atoms with E-state index in [0.29, 0.717) is 21.5 Å². The standard InChI is InChI=1S/C25H24BrCl2N3O3S/c1-17(2)19-5-3-18(4-6-19)14-29-30-25(32)16-31(15-20-7-10-22(27)13-24(20)28)35(33,34)23-11-8-21(26)9-12-23/h3-14,17H,15-16H2,1-2H3,(H,30,32)/b29-14+. The van der Waals surface area contributed by atoms with Crippen LogP contribution >= 0.6 is 39.1 Å². The summed E-state index contributed by atoms with van der Waals surface area (Å²) in [6, 6.07) is 18.7. The second kappa shape index (κ2) is 12.1. The predicted octanol–water partition coefficient (Wildman–Crippen LogP) is 6.22. The molecule has 184 valence electrons. The Morgan fingerprint density at radius 1 is 1.06 bits per heavy atom. The summed E-state index contributed by atoms with van der Waals surface area (Å²) in [6.45, 7) is 3.63. The lowest BCUT2D eigenvalue weighted by Crippen LogP contribution is -2.39. The Kier molecular flexibility index (Phi) is 9.49. The molecule has 1 N–H and O–H groups in total. The first kappa shape index (κ1) is 27.4. The van der Waals surface area contributed by atoms with Gasteiger partial charge < -0.3 is 0 Å². The molecule has 0 radical (unpaired) electrons. The van der Waals surface area contributed by atoms with Crippen LogP contribution in [0, 0.1) is 0 Å². The minimum absolute atomic E-state index is 0.0485. The van der Waals surface area contributed by atoms with Gasteiger partial charge in [-0.15, -0.1) is 0 Å². The summed E-state index contributed by atoms with van der Waals surface area (Å²) < 4.78 is 28.5. The van der Waals surface area contributed by atoms with E-state index in [1.54, 1.807) is 24.3 Å². The van der Waals surface area contributed by atoms with Crippen LogP contribution in [0.3, 0.4) is 0 Å². The first-order valence-electron chi connectivity index (χ1n) is 10.7. The molecule has 0 unspecified atom stereocenters. The van der Waals surface area contributed by atoms with Crippen molar-refractivity contribution in [2.24, 2.45) is 5.10 Å². The molecule has 6 nitrogen and oxygen atoms in total. The van der Waals surface area contributed by atoms with Crippen LogP contribution in [0.2, 0.25) is 10.0 Å². The Labute approximate surface area is 224 Å². The van der Waals surface area contributed by atoms with Crippen molar-refractivity contribution >= 4 is 61.3 Å². The predicted molar refractivity (Wildman–Crippen MR) is 144 cm³/mol. The van der Waals surface area contributed by atoms with Gasteiger partial charge in [-0.1, -0.05) is 83.3 Å². The van der Waals surface area contributed by atoms with Gasteiger partial charge >= 0.3 is 0 Å². The average Bonchev–Trinajstić information content (AvgIpc) is 2.81. The first-order valence-corrected chi connectivity index (χ1v) is 13.7. The van der Waals surface area contributed by atoms with E-state index < -0.39 is 22.5 Å². The van der Waals surface area contributed by atoms with Crippen molar-refractivity contribution in [1.82, 2.24) is 9.73 Å². The van der Waals surface area contributed by atoms with Crippen LogP contribution in [0.5, 0.6) is 0 Å². The van der Waals surface area contributed by atoms with E-state index in [1.165, 1.54) is 30.0 Å². The van der Waals surface area contributed by atoms with Crippen molar-refractivity contribution in [1.29, 1.82) is 0 Å². The number of sulfonamides is 1. The molecule has 0 saturated carbocycles. The molecule has 10 heteroatoms. The Bertz CT molecular complexity index is 1310. The Morgan fingerprint density at radius 3 is 2.31 bits per heavy atom. The number of carbonyl (C=O) groups excluding carboxylic acids is 1. The van der Waals surface area contributed by atoms with Gasteiger partial charge in [0, 0.05) is 21.1 Å². The summed E-state index contributed by atoms with van der Waals surface area (Å²) in [6.07, 6.45) is 1.51. The smallest absolute Gasteiger partial charge is 0.255 e. The van der Waals surface area contributed by atoms with E-state index >= 15 is 0 Å². The van der Waals surface area contributed by atoms with Gasteiger partial charge in [-0.3, -0.25) is 4.79 Å². The molecule has 0 saturated heterocycles. The maximum absolute atomic E-state index is 13.4. The van der Waals surface area contributed by atoms with E-state index in [0.717, 1.165) is 14.3 Å². The number of amides is 1. The first-order chi connectivity index (χ1) is 16.6. The highest BCUT2D eigenvalue weighted by Crippen LogP contribution is 2.26. The zero-order valence-corrected chi connectivity index (χ0v) is 23.0. The Hall–Kier alpha value is -2.23. The van der Waals surface area contributed by atoms with Crippen LogP contribution in [0.15, 0.2) is 81.2 Å². The van der Waals surface area contributed by atoms with Crippen LogP contribution in [-0.4, -0.2) is 31.4 Å². The number of hydrogen-bond acceptors (Lipinski definition) is 4. The van der Waals surface area contributed by atoms with E-state index in [-0.39, 0.29) is 11.4 Å². The van der Waals surface area contributed by atoms with Gasteiger partial charge in [-0.05, 0) is 59.0 Å². The number of nitrogens with zero attached hydrogens (tertiary/aromatic N) is 2. The molecule has 0 bridgehead atoms. The number of hydrazone groups is 1. The lowest BCUT2D eigenvalue weighted by Gasteiger charge is -2.22. The lowest BCUT2D eigenvalue weighted by atomic mass is 10.0. The molecule has 35 heavy (non-hydrogen) atoms.